The van der Waals surface area contributed by atoms with Gasteiger partial charge in [0, 0.05) is 17.0 Å². The smallest absolute Gasteiger partial charge is 0.144 e. The van der Waals surface area contributed by atoms with Gasteiger partial charge in [0.05, 0.1) is 0 Å². The molecule has 80 valence electrons. The van der Waals surface area contributed by atoms with Gasteiger partial charge in [-0.3, -0.25) is 5.41 Å². The molecule has 0 fully saturated rings. The molecule has 2 rings (SSSR count). The molecule has 1 N–H and O–H groups in total. The van der Waals surface area contributed by atoms with Crippen molar-refractivity contribution in [1.29, 1.82) is 5.41 Å². The standard InChI is InChI=1S/C13H12N2S/c14-13-9-2-1-5-11(15-13)6-3-7-12-8-4-10-16-12/h1-5,7-10,14H,6H2/b7-3+,14-13?. The van der Waals surface area contributed by atoms with Gasteiger partial charge in [0.2, 0.25) is 0 Å². The molecule has 2 aromatic rings. The van der Waals surface area contributed by atoms with Crippen molar-refractivity contribution in [1.82, 2.24) is 4.98 Å². The minimum atomic E-state index is 0.310. The minimum absolute atomic E-state index is 0.310. The molecular weight excluding hydrogens is 216 g/mol. The zero-order valence-corrected chi connectivity index (χ0v) is 9.58. The summed E-state index contributed by atoms with van der Waals surface area (Å²) in [4.78, 5) is 5.42. The van der Waals surface area contributed by atoms with Crippen molar-refractivity contribution in [2.24, 2.45) is 0 Å². The highest BCUT2D eigenvalue weighted by Gasteiger charge is 1.89. The van der Waals surface area contributed by atoms with Gasteiger partial charge in [-0.1, -0.05) is 24.3 Å². The summed E-state index contributed by atoms with van der Waals surface area (Å²) in [5.41, 5.74) is 1.23. The van der Waals surface area contributed by atoms with E-state index >= 15 is 0 Å². The molecule has 0 atom stereocenters. The highest BCUT2D eigenvalue weighted by atomic mass is 32.1. The van der Waals surface area contributed by atoms with Gasteiger partial charge in [0.15, 0.2) is 0 Å². The van der Waals surface area contributed by atoms with E-state index < -0.39 is 0 Å². The average Bonchev–Trinajstić information content (AvgIpc) is 2.69. The molecule has 0 aliphatic heterocycles. The first kappa shape index (κ1) is 10.8. The number of aromatic nitrogens is 1. The molecule has 0 saturated heterocycles. The van der Waals surface area contributed by atoms with Gasteiger partial charge >= 0.3 is 0 Å². The van der Waals surface area contributed by atoms with E-state index in [1.807, 2.05) is 24.3 Å². The Morgan fingerprint density at radius 3 is 2.88 bits per heavy atom. The van der Waals surface area contributed by atoms with Crippen LogP contribution in [0.5, 0.6) is 0 Å². The van der Waals surface area contributed by atoms with Crippen molar-refractivity contribution in [2.75, 3.05) is 0 Å². The van der Waals surface area contributed by atoms with Crippen LogP contribution in [-0.4, -0.2) is 4.98 Å². The molecule has 2 aromatic heterocycles. The first-order valence-corrected chi connectivity index (χ1v) is 5.93. The molecule has 0 unspecified atom stereocenters. The Labute approximate surface area is 98.4 Å². The SMILES string of the molecule is N=c1ccccc(C/C=C/c2cccs2)n1. The lowest BCUT2D eigenvalue weighted by Gasteiger charge is -1.89. The maximum Gasteiger partial charge on any atom is 0.144 e. The van der Waals surface area contributed by atoms with Gasteiger partial charge in [-0.25, -0.2) is 4.98 Å². The zero-order valence-electron chi connectivity index (χ0n) is 8.76. The first-order chi connectivity index (χ1) is 7.84. The first-order valence-electron chi connectivity index (χ1n) is 5.05. The predicted molar refractivity (Wildman–Crippen MR) is 67.1 cm³/mol. The molecule has 2 heterocycles. The zero-order chi connectivity index (χ0) is 11.2. The Bertz CT molecular complexity index is 530. The fraction of sp³-hybridized carbons (Fsp3) is 0.0769. The second-order valence-corrected chi connectivity index (χ2v) is 4.31. The second-order valence-electron chi connectivity index (χ2n) is 3.33. The molecule has 0 aliphatic carbocycles. The summed E-state index contributed by atoms with van der Waals surface area (Å²) in [5, 5.41) is 9.56. The Morgan fingerprint density at radius 1 is 1.19 bits per heavy atom. The Balaban J connectivity index is 2.08. The summed E-state index contributed by atoms with van der Waals surface area (Å²) < 4.78 is 0. The molecule has 0 aromatic carbocycles. The third kappa shape index (κ3) is 3.14. The number of hydrogen-bond acceptors (Lipinski definition) is 3. The van der Waals surface area contributed by atoms with Crippen LogP contribution in [0.1, 0.15) is 10.6 Å². The van der Waals surface area contributed by atoms with E-state index in [0.717, 1.165) is 12.1 Å². The quantitative estimate of drug-likeness (QED) is 0.861. The van der Waals surface area contributed by atoms with Crippen LogP contribution < -0.4 is 5.49 Å². The minimum Gasteiger partial charge on any atom is -0.283 e. The number of rotatable bonds is 3. The molecule has 0 spiro atoms. The normalized spacial score (nSPS) is 10.8. The molecule has 0 aliphatic rings. The van der Waals surface area contributed by atoms with Crippen LogP contribution in [0.25, 0.3) is 6.08 Å². The molecular formula is C13H12N2S. The number of nitrogens with one attached hydrogen (secondary N) is 1. The number of thiophene rings is 1. The van der Waals surface area contributed by atoms with E-state index in [0.29, 0.717) is 5.49 Å². The van der Waals surface area contributed by atoms with Crippen LogP contribution >= 0.6 is 11.3 Å². The number of nitrogens with zero attached hydrogens (tertiary/aromatic N) is 1. The summed E-state index contributed by atoms with van der Waals surface area (Å²) in [6.07, 6.45) is 4.93. The van der Waals surface area contributed by atoms with Gasteiger partial charge in [0.25, 0.3) is 0 Å². The molecule has 16 heavy (non-hydrogen) atoms. The van der Waals surface area contributed by atoms with Crippen molar-refractivity contribution in [3.05, 3.63) is 63.9 Å². The maximum absolute atomic E-state index is 7.50. The maximum atomic E-state index is 7.50. The molecule has 0 amide bonds. The van der Waals surface area contributed by atoms with E-state index in [1.54, 1.807) is 17.4 Å². The third-order valence-electron chi connectivity index (χ3n) is 2.07. The largest absolute Gasteiger partial charge is 0.283 e. The lowest BCUT2D eigenvalue weighted by atomic mass is 10.2. The fourth-order valence-electron chi connectivity index (χ4n) is 1.34. The van der Waals surface area contributed by atoms with E-state index in [9.17, 15) is 0 Å². The Hall–Kier alpha value is -1.74. The van der Waals surface area contributed by atoms with E-state index in [-0.39, 0.29) is 0 Å². The number of allylic oxidation sites excluding steroid dienone is 1. The van der Waals surface area contributed by atoms with Gasteiger partial charge in [-0.15, -0.1) is 11.3 Å². The van der Waals surface area contributed by atoms with Crippen LogP contribution in [0.2, 0.25) is 0 Å². The summed E-state index contributed by atoms with van der Waals surface area (Å²) in [6.45, 7) is 0. The van der Waals surface area contributed by atoms with Crippen LogP contribution in [0.15, 0.2) is 47.9 Å². The van der Waals surface area contributed by atoms with Gasteiger partial charge < -0.3 is 0 Å². The van der Waals surface area contributed by atoms with Gasteiger partial charge in [-0.05, 0) is 29.7 Å². The predicted octanol–water partition coefficient (Wildman–Crippen LogP) is 2.88. The molecule has 0 radical (unpaired) electrons. The lowest BCUT2D eigenvalue weighted by Crippen LogP contribution is -2.01. The highest BCUT2D eigenvalue weighted by molar-refractivity contribution is 7.10. The molecule has 2 nitrogen and oxygen atoms in total. The number of hydrogen-bond donors (Lipinski definition) is 1. The highest BCUT2D eigenvalue weighted by Crippen LogP contribution is 2.10. The van der Waals surface area contributed by atoms with Crippen LogP contribution in [-0.2, 0) is 6.42 Å². The van der Waals surface area contributed by atoms with E-state index in [1.165, 1.54) is 4.88 Å². The van der Waals surface area contributed by atoms with Crippen molar-refractivity contribution in [3.63, 3.8) is 0 Å². The van der Waals surface area contributed by atoms with Crippen LogP contribution in [0.3, 0.4) is 0 Å². The summed E-state index contributed by atoms with van der Waals surface area (Å²) in [7, 11) is 0. The van der Waals surface area contributed by atoms with Gasteiger partial charge in [0.1, 0.15) is 5.49 Å². The summed E-state index contributed by atoms with van der Waals surface area (Å²) in [5.74, 6) is 0. The average molecular weight is 228 g/mol. The van der Waals surface area contributed by atoms with Gasteiger partial charge in [-0.2, -0.15) is 0 Å². The molecule has 0 bridgehead atoms. The lowest BCUT2D eigenvalue weighted by molar-refractivity contribution is 1.03. The Kier molecular flexibility index (Phi) is 3.62. The van der Waals surface area contributed by atoms with E-state index in [2.05, 4.69) is 28.6 Å². The van der Waals surface area contributed by atoms with Crippen molar-refractivity contribution >= 4 is 17.4 Å². The topological polar surface area (TPSA) is 36.7 Å². The Morgan fingerprint density at radius 2 is 2.06 bits per heavy atom. The second kappa shape index (κ2) is 5.37. The molecule has 0 saturated carbocycles. The van der Waals surface area contributed by atoms with Crippen molar-refractivity contribution in [3.8, 4) is 0 Å². The summed E-state index contributed by atoms with van der Waals surface area (Å²) in [6, 6.07) is 11.5. The van der Waals surface area contributed by atoms with Crippen LogP contribution in [0, 0.1) is 5.41 Å². The van der Waals surface area contributed by atoms with Crippen molar-refractivity contribution in [2.45, 2.75) is 6.42 Å². The summed E-state index contributed by atoms with van der Waals surface area (Å²) >= 11 is 1.71. The van der Waals surface area contributed by atoms with E-state index in [4.69, 9.17) is 5.41 Å². The van der Waals surface area contributed by atoms with Crippen LogP contribution in [0.4, 0.5) is 0 Å². The van der Waals surface area contributed by atoms with Crippen molar-refractivity contribution < 1.29 is 0 Å². The fourth-order valence-corrected chi connectivity index (χ4v) is 1.98. The monoisotopic (exact) mass is 228 g/mol. The molecule has 3 heteroatoms. The third-order valence-corrected chi connectivity index (χ3v) is 2.91.